The van der Waals surface area contributed by atoms with E-state index in [4.69, 9.17) is 58.4 Å². The molecule has 10 nitrogen and oxygen atoms in total. The Morgan fingerprint density at radius 1 is 0.417 bits per heavy atom. The standard InChI is InChI=1S/C39H25N3O.C25H16ClN3O.C14H9B.C6H14O2.H/c1-2-10-26-22-28(19-16-24(26)8-1)37-40-38(29-20-21-31-27(23-29)18-17-25-9-3-4-11-30(25)31)42-39(41-37)33-13-7-15-35-36(33)32-12-5-6-14-34(32)43-35;26-25-28-23(17-13-12-15-6-1-2-7-16(15)14-17)27-24(29-25)19-9-5-11-21-22(19)18-8-3-4-10-20(18)30-21;15-12-7-8-14-11(9-12)6-5-10-3-1-2-4-13(10)14;1-5(2,7)6(3,4)8;/h1-15,17-24H,16H2;1-11,13-15H,12H2;1-9H;7-8H,1-4H3;/q;;;;-1. The van der Waals surface area contributed by atoms with Gasteiger partial charge in [-0.2, -0.15) is 9.97 Å². The zero-order valence-corrected chi connectivity index (χ0v) is 54.1. The Morgan fingerprint density at radius 2 is 0.833 bits per heavy atom. The molecule has 96 heavy (non-hydrogen) atoms. The zero-order valence-electron chi connectivity index (χ0n) is 54.3. The summed E-state index contributed by atoms with van der Waals surface area (Å²) in [6.07, 6.45) is 27.8. The number of rotatable bonds is 6. The van der Waals surface area contributed by atoms with Crippen LogP contribution in [0.15, 0.2) is 287 Å². The van der Waals surface area contributed by atoms with Gasteiger partial charge in [0.1, 0.15) is 30.2 Å². The lowest BCUT2D eigenvalue weighted by Crippen LogP contribution is -2.44. The maximum absolute atomic E-state index is 9.10. The molecule has 18 rings (SSSR count). The molecule has 4 aliphatic carbocycles. The summed E-state index contributed by atoms with van der Waals surface area (Å²) in [4.78, 5) is 29.0. The largest absolute Gasteiger partial charge is 1.00 e. The Hall–Kier alpha value is -10.9. The monoisotopic (exact) mass is 1270 g/mol. The number of aliphatic hydroxyl groups is 2. The van der Waals surface area contributed by atoms with Gasteiger partial charge in [0.2, 0.25) is 5.28 Å². The zero-order chi connectivity index (χ0) is 65.7. The van der Waals surface area contributed by atoms with E-state index in [0.29, 0.717) is 41.0 Å². The van der Waals surface area contributed by atoms with Crippen LogP contribution in [-0.2, 0) is 0 Å². The number of benzene rings is 10. The molecule has 12 heteroatoms. The van der Waals surface area contributed by atoms with Crippen molar-refractivity contribution >= 4 is 123 Å². The molecular weight excluding hydrogens is 1200 g/mol. The number of hydrogen-bond donors (Lipinski definition) is 2. The minimum atomic E-state index is -1.01. The minimum Gasteiger partial charge on any atom is -1.00 e. The third kappa shape index (κ3) is 12.2. The molecule has 2 atom stereocenters. The minimum absolute atomic E-state index is 0. The lowest BCUT2D eigenvalue weighted by Gasteiger charge is -2.31. The summed E-state index contributed by atoms with van der Waals surface area (Å²) in [5, 5.41) is 32.3. The molecule has 14 aromatic rings. The molecule has 4 aliphatic rings. The van der Waals surface area contributed by atoms with Crippen LogP contribution in [0, 0.1) is 11.8 Å². The van der Waals surface area contributed by atoms with Gasteiger partial charge in [0.25, 0.3) is 0 Å². The Balaban J connectivity index is 0.000000129. The second-order valence-corrected chi connectivity index (χ2v) is 25.8. The van der Waals surface area contributed by atoms with Crippen LogP contribution in [-0.4, -0.2) is 59.2 Å². The summed E-state index contributed by atoms with van der Waals surface area (Å²) in [6, 6.07) is 66.2. The number of fused-ring (bicyclic) bond motifs is 14. The normalized spacial score (nSPS) is 15.7. The predicted octanol–water partition coefficient (Wildman–Crippen LogP) is 19.8. The van der Waals surface area contributed by atoms with E-state index >= 15 is 0 Å². The van der Waals surface area contributed by atoms with Gasteiger partial charge in [0.05, 0.1) is 11.2 Å². The van der Waals surface area contributed by atoms with Crippen molar-refractivity contribution < 1.29 is 20.5 Å². The first-order valence-electron chi connectivity index (χ1n) is 32.2. The average Bonchev–Trinajstić information content (AvgIpc) is 1.70. The molecule has 2 N–H and O–H groups in total. The van der Waals surface area contributed by atoms with E-state index in [1.807, 2.05) is 84.9 Å². The number of furan rings is 2. The summed E-state index contributed by atoms with van der Waals surface area (Å²) in [5.41, 5.74) is 9.41. The first-order valence-corrected chi connectivity index (χ1v) is 32.6. The van der Waals surface area contributed by atoms with E-state index in [1.54, 1.807) is 27.7 Å². The van der Waals surface area contributed by atoms with Crippen LogP contribution in [0.1, 0.15) is 53.6 Å². The van der Waals surface area contributed by atoms with Gasteiger partial charge < -0.3 is 20.5 Å². The van der Waals surface area contributed by atoms with Crippen LogP contribution < -0.4 is 5.46 Å². The lowest BCUT2D eigenvalue weighted by atomic mass is 9.85. The van der Waals surface area contributed by atoms with E-state index in [0.717, 1.165) is 95.4 Å². The molecule has 0 amide bonds. The van der Waals surface area contributed by atoms with Gasteiger partial charge in [0.15, 0.2) is 29.1 Å². The van der Waals surface area contributed by atoms with Crippen molar-refractivity contribution in [3.63, 3.8) is 0 Å². The third-order valence-corrected chi connectivity index (χ3v) is 18.7. The van der Waals surface area contributed by atoms with E-state index < -0.39 is 11.2 Å². The Labute approximate surface area is 563 Å². The number of nitrogens with zero attached hydrogens (tertiary/aromatic N) is 6. The summed E-state index contributed by atoms with van der Waals surface area (Å²) in [6.45, 7) is 6.31. The van der Waals surface area contributed by atoms with Gasteiger partial charge in [-0.3, -0.25) is 0 Å². The molecule has 0 saturated heterocycles. The molecule has 10 aromatic carbocycles. The molecular formula is C84H65BClN6O4-. The third-order valence-electron chi connectivity index (χ3n) is 18.5. The number of halogens is 1. The summed E-state index contributed by atoms with van der Waals surface area (Å²) < 4.78 is 12.2. The summed E-state index contributed by atoms with van der Waals surface area (Å²) in [5.74, 6) is 3.91. The van der Waals surface area contributed by atoms with Crippen molar-refractivity contribution in [1.82, 2.24) is 29.9 Å². The van der Waals surface area contributed by atoms with Gasteiger partial charge in [-0.05, 0) is 149 Å². The fourth-order valence-corrected chi connectivity index (χ4v) is 12.9. The SMILES string of the molecule is C1=CC2=CC(c3nc(-c4ccc5c(ccc6ccccc65)c4)nc(-c4cccc5oc6ccccc6c45)n3)=CCC2C=C1.CC(C)(O)C(C)(C)O.Clc1nc(C2=CCC3C=CC=CC3=C2)nc(-c2cccc3oc4ccccc4c23)n1.[B]c1ccc2c(ccc3ccccc32)c1.[H-]. The van der Waals surface area contributed by atoms with Crippen molar-refractivity contribution in [2.24, 2.45) is 11.8 Å². The highest BCUT2D eigenvalue weighted by atomic mass is 35.5. The van der Waals surface area contributed by atoms with Gasteiger partial charge in [-0.25, -0.2) is 19.9 Å². The Bertz CT molecular complexity index is 5690. The summed E-state index contributed by atoms with van der Waals surface area (Å²) in [7, 11) is 5.77. The van der Waals surface area contributed by atoms with Crippen LogP contribution in [0.25, 0.3) is 132 Å². The van der Waals surface area contributed by atoms with E-state index in [9.17, 15) is 0 Å². The van der Waals surface area contributed by atoms with Gasteiger partial charge in [-0.15, -0.1) is 0 Å². The molecule has 466 valence electrons. The van der Waals surface area contributed by atoms with E-state index in [1.165, 1.54) is 48.8 Å². The Morgan fingerprint density at radius 3 is 1.38 bits per heavy atom. The molecule has 0 bridgehead atoms. The highest BCUT2D eigenvalue weighted by Gasteiger charge is 2.32. The molecule has 0 aliphatic heterocycles. The molecule has 0 spiro atoms. The van der Waals surface area contributed by atoms with Gasteiger partial charge in [0, 0.05) is 61.2 Å². The van der Waals surface area contributed by atoms with Crippen molar-refractivity contribution in [2.75, 3.05) is 0 Å². The highest BCUT2D eigenvalue weighted by Crippen LogP contribution is 2.41. The van der Waals surface area contributed by atoms with Crippen LogP contribution in [0.3, 0.4) is 0 Å². The van der Waals surface area contributed by atoms with Crippen LogP contribution in [0.5, 0.6) is 0 Å². The highest BCUT2D eigenvalue weighted by molar-refractivity contribution is 6.33. The number of hydrogen-bond acceptors (Lipinski definition) is 10. The van der Waals surface area contributed by atoms with Crippen LogP contribution >= 0.6 is 11.6 Å². The smallest absolute Gasteiger partial charge is 0.226 e. The number of allylic oxidation sites excluding steroid dienone is 16. The first kappa shape index (κ1) is 61.2. The maximum atomic E-state index is 9.10. The van der Waals surface area contributed by atoms with Crippen molar-refractivity contribution in [1.29, 1.82) is 0 Å². The molecule has 0 fully saturated rings. The number of aromatic nitrogens is 6. The van der Waals surface area contributed by atoms with Crippen molar-refractivity contribution in [3.05, 3.63) is 295 Å². The van der Waals surface area contributed by atoms with Crippen molar-refractivity contribution in [3.8, 4) is 34.2 Å². The molecule has 0 saturated carbocycles. The lowest BCUT2D eigenvalue weighted by molar-refractivity contribution is -0.107. The fraction of sp³-hybridized carbons (Fsp3) is 0.119. The quantitative estimate of drug-likeness (QED) is 0.122. The molecule has 4 heterocycles. The van der Waals surface area contributed by atoms with E-state index in [2.05, 4.69) is 192 Å². The second kappa shape index (κ2) is 25.4. The fourth-order valence-electron chi connectivity index (χ4n) is 12.7. The molecule has 4 aromatic heterocycles. The van der Waals surface area contributed by atoms with E-state index in [-0.39, 0.29) is 6.71 Å². The molecule has 2 unspecified atom stereocenters. The topological polar surface area (TPSA) is 144 Å². The average molecular weight is 1270 g/mol. The molecule has 2 radical (unpaired) electrons. The van der Waals surface area contributed by atoms with Crippen LogP contribution in [0.4, 0.5) is 0 Å². The van der Waals surface area contributed by atoms with Crippen molar-refractivity contribution in [2.45, 2.75) is 51.7 Å². The van der Waals surface area contributed by atoms with Gasteiger partial charge >= 0.3 is 0 Å². The van der Waals surface area contributed by atoms with Crippen LogP contribution in [0.2, 0.25) is 5.28 Å². The predicted molar refractivity (Wildman–Crippen MR) is 396 cm³/mol. The van der Waals surface area contributed by atoms with Gasteiger partial charge in [-0.1, -0.05) is 230 Å². The maximum Gasteiger partial charge on any atom is 0.226 e. The summed E-state index contributed by atoms with van der Waals surface area (Å²) >= 11 is 6.34. The second-order valence-electron chi connectivity index (χ2n) is 25.5. The first-order chi connectivity index (χ1) is 46.6. The Kier molecular flexibility index (Phi) is 16.2. The number of para-hydroxylation sites is 2.